The van der Waals surface area contributed by atoms with E-state index in [9.17, 15) is 19.1 Å². The summed E-state index contributed by atoms with van der Waals surface area (Å²) in [6.45, 7) is 2.17. The van der Waals surface area contributed by atoms with E-state index in [1.54, 1.807) is 25.1 Å². The molecule has 1 aliphatic rings. The molecule has 0 saturated carbocycles. The normalized spacial score (nSPS) is 18.7. The van der Waals surface area contributed by atoms with Crippen molar-refractivity contribution in [3.8, 4) is 0 Å². The zero-order valence-corrected chi connectivity index (χ0v) is 16.7. The average Bonchev–Trinajstić information content (AvgIpc) is 2.49. The van der Waals surface area contributed by atoms with Gasteiger partial charge in [0.05, 0.1) is 12.0 Å². The first-order valence-corrected chi connectivity index (χ1v) is 7.50. The van der Waals surface area contributed by atoms with Crippen molar-refractivity contribution in [1.29, 1.82) is 0 Å². The van der Waals surface area contributed by atoms with Crippen LogP contribution in [0.4, 0.5) is 9.18 Å². The Labute approximate surface area is 178 Å². The van der Waals surface area contributed by atoms with Crippen LogP contribution in [0.25, 0.3) is 0 Å². The minimum Gasteiger partial charge on any atom is -0.548 e. The van der Waals surface area contributed by atoms with Crippen molar-refractivity contribution in [2.24, 2.45) is 0 Å². The summed E-state index contributed by atoms with van der Waals surface area (Å²) in [4.78, 5) is 24.6. The van der Waals surface area contributed by atoms with Gasteiger partial charge in [0.15, 0.2) is 0 Å². The molecular weight excluding hydrogens is 326 g/mol. The van der Waals surface area contributed by atoms with Gasteiger partial charge in [-0.2, -0.15) is 0 Å². The van der Waals surface area contributed by atoms with Crippen LogP contribution in [0.15, 0.2) is 24.3 Å². The maximum Gasteiger partial charge on any atom is 1.00 e. The van der Waals surface area contributed by atoms with Crippen LogP contribution >= 0.6 is 0 Å². The number of halogens is 1. The van der Waals surface area contributed by atoms with Crippen molar-refractivity contribution in [2.75, 3.05) is 6.54 Å². The van der Waals surface area contributed by atoms with Crippen molar-refractivity contribution >= 4 is 12.0 Å². The van der Waals surface area contributed by atoms with Gasteiger partial charge in [-0.15, -0.1) is 0 Å². The van der Waals surface area contributed by atoms with E-state index in [1.165, 1.54) is 11.0 Å². The number of rotatable bonds is 4. The molecule has 2 rings (SSSR count). The summed E-state index contributed by atoms with van der Waals surface area (Å²) in [6, 6.07) is 4.79. The van der Waals surface area contributed by atoms with E-state index in [2.05, 4.69) is 5.32 Å². The zero-order chi connectivity index (χ0) is 16.1. The molecule has 1 unspecified atom stereocenters. The average molecular weight is 346 g/mol. The zero-order valence-electron chi connectivity index (χ0n) is 13.5. The molecule has 1 N–H and O–H groups in total. The van der Waals surface area contributed by atoms with E-state index >= 15 is 0 Å². The molecule has 1 aromatic rings. The van der Waals surface area contributed by atoms with E-state index in [-0.39, 0.29) is 63.2 Å². The van der Waals surface area contributed by atoms with Gasteiger partial charge >= 0.3 is 57.4 Å². The number of aliphatic carboxylic acids is 1. The first-order valence-electron chi connectivity index (χ1n) is 7.50. The van der Waals surface area contributed by atoms with Gasteiger partial charge in [0.25, 0.3) is 0 Å². The number of nitrogens with one attached hydrogen (secondary N) is 1. The Bertz CT molecular complexity index is 556. The third kappa shape index (κ3) is 5.83. The van der Waals surface area contributed by atoms with Gasteiger partial charge in [-0.1, -0.05) is 18.2 Å². The predicted octanol–water partition coefficient (Wildman–Crippen LogP) is -1.93. The molecule has 1 saturated heterocycles. The fourth-order valence-electron chi connectivity index (χ4n) is 2.76. The molecule has 0 bridgehead atoms. The van der Waals surface area contributed by atoms with Crippen LogP contribution in [-0.4, -0.2) is 35.5 Å². The smallest absolute Gasteiger partial charge is 0.548 e. The Kier molecular flexibility index (Phi) is 8.70. The van der Waals surface area contributed by atoms with E-state index in [0.29, 0.717) is 24.9 Å². The number of carbonyl (C=O) groups excluding carboxylic acids is 2. The number of piperidine rings is 1. The standard InChI is InChI=1S/C16H21FN2O3.K/c1-11(10-12-6-2-3-7-13(12)17)18-16(22)19-9-5-4-8-14(19)15(20)21;/h2-3,6-7,11,14H,4-5,8-10H2,1H3,(H,18,22)(H,20,21);/q;+1/p-1/t11?,14-;/m1./s1. The molecule has 7 heteroatoms. The Morgan fingerprint density at radius 1 is 1.39 bits per heavy atom. The summed E-state index contributed by atoms with van der Waals surface area (Å²) in [6.07, 6.45) is 2.31. The Morgan fingerprint density at radius 3 is 2.74 bits per heavy atom. The van der Waals surface area contributed by atoms with Crippen LogP contribution in [0.2, 0.25) is 0 Å². The number of carboxylic acid groups (broad SMARTS) is 1. The molecule has 23 heavy (non-hydrogen) atoms. The molecule has 120 valence electrons. The largest absolute Gasteiger partial charge is 1.00 e. The molecular formula is C16H20FKN2O3. The molecule has 2 amide bonds. The monoisotopic (exact) mass is 346 g/mol. The van der Waals surface area contributed by atoms with Crippen molar-refractivity contribution in [3.63, 3.8) is 0 Å². The molecule has 0 radical (unpaired) electrons. The second-order valence-corrected chi connectivity index (χ2v) is 5.67. The van der Waals surface area contributed by atoms with E-state index in [0.717, 1.165) is 12.8 Å². The van der Waals surface area contributed by atoms with Crippen LogP contribution in [0.5, 0.6) is 0 Å². The van der Waals surface area contributed by atoms with Crippen molar-refractivity contribution < 1.29 is 70.5 Å². The minimum absolute atomic E-state index is 0. The molecule has 0 spiro atoms. The number of likely N-dealkylation sites (tertiary alicyclic amines) is 1. The maximum atomic E-state index is 13.6. The topological polar surface area (TPSA) is 72.5 Å². The third-order valence-electron chi connectivity index (χ3n) is 3.89. The number of hydrogen-bond donors (Lipinski definition) is 1. The summed E-state index contributed by atoms with van der Waals surface area (Å²) in [5.74, 6) is -1.54. The number of hydrogen-bond acceptors (Lipinski definition) is 3. The number of benzene rings is 1. The minimum atomic E-state index is -1.23. The quantitative estimate of drug-likeness (QED) is 0.646. The molecule has 5 nitrogen and oxygen atoms in total. The number of carboxylic acids is 1. The van der Waals surface area contributed by atoms with E-state index in [1.807, 2.05) is 0 Å². The Morgan fingerprint density at radius 2 is 2.09 bits per heavy atom. The number of amides is 2. The molecule has 1 fully saturated rings. The second-order valence-electron chi connectivity index (χ2n) is 5.67. The van der Waals surface area contributed by atoms with Gasteiger partial charge in [-0.25, -0.2) is 9.18 Å². The summed E-state index contributed by atoms with van der Waals surface area (Å²) >= 11 is 0. The first kappa shape index (κ1) is 20.6. The van der Waals surface area contributed by atoms with Gasteiger partial charge in [0, 0.05) is 12.6 Å². The molecule has 1 aromatic carbocycles. The van der Waals surface area contributed by atoms with Gasteiger partial charge in [0.1, 0.15) is 5.82 Å². The van der Waals surface area contributed by atoms with Crippen molar-refractivity contribution in [3.05, 3.63) is 35.6 Å². The summed E-state index contributed by atoms with van der Waals surface area (Å²) in [5.41, 5.74) is 0.519. The number of urea groups is 1. The fourth-order valence-corrected chi connectivity index (χ4v) is 2.76. The van der Waals surface area contributed by atoms with Crippen LogP contribution in [0.3, 0.4) is 0 Å². The van der Waals surface area contributed by atoms with Crippen LogP contribution in [0.1, 0.15) is 31.7 Å². The van der Waals surface area contributed by atoms with Crippen LogP contribution in [0, 0.1) is 5.82 Å². The summed E-state index contributed by atoms with van der Waals surface area (Å²) in [7, 11) is 0. The molecule has 0 aromatic heterocycles. The predicted molar refractivity (Wildman–Crippen MR) is 77.4 cm³/mol. The van der Waals surface area contributed by atoms with E-state index < -0.39 is 18.0 Å². The number of nitrogens with zero attached hydrogens (tertiary/aromatic N) is 1. The van der Waals surface area contributed by atoms with Crippen molar-refractivity contribution in [1.82, 2.24) is 10.2 Å². The molecule has 1 heterocycles. The maximum absolute atomic E-state index is 13.6. The SMILES string of the molecule is CC(Cc1ccccc1F)NC(=O)N1CCCC[C@@H]1C(=O)[O-].[K+]. The van der Waals surface area contributed by atoms with Crippen LogP contribution < -0.4 is 61.8 Å². The van der Waals surface area contributed by atoms with Crippen molar-refractivity contribution in [2.45, 2.75) is 44.7 Å². The van der Waals surface area contributed by atoms with Gasteiger partial charge in [0.2, 0.25) is 0 Å². The second kappa shape index (κ2) is 9.73. The summed E-state index contributed by atoms with van der Waals surface area (Å²) < 4.78 is 13.6. The summed E-state index contributed by atoms with van der Waals surface area (Å²) in [5, 5.41) is 13.8. The Hall–Kier alpha value is -0.474. The number of carbonyl (C=O) groups is 2. The van der Waals surface area contributed by atoms with Gasteiger partial charge in [-0.3, -0.25) is 0 Å². The van der Waals surface area contributed by atoms with Gasteiger partial charge < -0.3 is 20.1 Å². The first-order chi connectivity index (χ1) is 10.5. The molecule has 2 atom stereocenters. The van der Waals surface area contributed by atoms with E-state index in [4.69, 9.17) is 0 Å². The Balaban J connectivity index is 0.00000264. The van der Waals surface area contributed by atoms with Crippen LogP contribution in [-0.2, 0) is 11.2 Å². The molecule has 0 aliphatic carbocycles. The molecule has 1 aliphatic heterocycles. The van der Waals surface area contributed by atoms with Gasteiger partial charge in [-0.05, 0) is 44.2 Å². The fraction of sp³-hybridized carbons (Fsp3) is 0.500. The third-order valence-corrected chi connectivity index (χ3v) is 3.89.